The average Bonchev–Trinajstić information content (AvgIpc) is 3.99. The molecule has 4 nitrogen and oxygen atoms in total. The van der Waals surface area contributed by atoms with Crippen molar-refractivity contribution in [3.8, 4) is 44.5 Å². The fraction of sp³-hybridized carbons (Fsp3) is 0. The molecule has 0 amide bonds. The Balaban J connectivity index is 1.53. The number of benzene rings is 4. The second-order valence-electron chi connectivity index (χ2n) is 12.2. The highest BCUT2D eigenvalue weighted by Crippen LogP contribution is 2.39. The van der Waals surface area contributed by atoms with Crippen molar-refractivity contribution in [3.63, 3.8) is 0 Å². The van der Waals surface area contributed by atoms with E-state index in [1.165, 1.54) is 0 Å². The lowest BCUT2D eigenvalue weighted by molar-refractivity contribution is 0.529. The predicted molar refractivity (Wildman–Crippen MR) is 201 cm³/mol. The summed E-state index contributed by atoms with van der Waals surface area (Å²) in [5.41, 5.74) is 10.1. The third-order valence-electron chi connectivity index (χ3n) is 9.16. The first kappa shape index (κ1) is 29.5. The van der Waals surface area contributed by atoms with Crippen LogP contribution in [0.3, 0.4) is 0 Å². The van der Waals surface area contributed by atoms with Gasteiger partial charge in [-0.2, -0.15) is 0 Å². The van der Waals surface area contributed by atoms with E-state index in [0.29, 0.717) is 45.0 Å². The van der Waals surface area contributed by atoms with Gasteiger partial charge >= 0.3 is 0 Å². The molecule has 2 aliphatic rings. The van der Waals surface area contributed by atoms with E-state index in [2.05, 4.69) is 22.1 Å². The predicted octanol–water partition coefficient (Wildman–Crippen LogP) is 11.6. The second kappa shape index (κ2) is 12.1. The van der Waals surface area contributed by atoms with Crippen LogP contribution in [-0.2, 0) is 0 Å². The highest BCUT2D eigenvalue weighted by atomic mass is 19.2. The molecule has 7 aromatic rings. The lowest BCUT2D eigenvalue weighted by Crippen LogP contribution is -1.90. The molecule has 0 atom stereocenters. The zero-order valence-electron chi connectivity index (χ0n) is 26.7. The number of H-pyrrole nitrogens is 2. The summed E-state index contributed by atoms with van der Waals surface area (Å²) in [7, 11) is 0. The molecule has 2 aliphatic heterocycles. The SMILES string of the molecule is Fc1c(F)c2[nH]c1c(-c1ccccc1)c1nc(c(-c3ccccc3)c3ccc([nH]3)c(-c3ccccc3)c3nc(c2-c2ccccc2)C=C3)C=C1. The van der Waals surface area contributed by atoms with Crippen molar-refractivity contribution < 1.29 is 8.78 Å². The molecule has 4 aromatic carbocycles. The number of aromatic nitrogens is 4. The van der Waals surface area contributed by atoms with Crippen LogP contribution in [0, 0.1) is 11.6 Å². The zero-order chi connectivity index (χ0) is 33.6. The maximum atomic E-state index is 16.5. The van der Waals surface area contributed by atoms with E-state index in [9.17, 15) is 0 Å². The number of hydrogen-bond donors (Lipinski definition) is 2. The van der Waals surface area contributed by atoms with Crippen molar-refractivity contribution in [3.05, 3.63) is 168 Å². The van der Waals surface area contributed by atoms with E-state index in [4.69, 9.17) is 9.97 Å². The molecule has 9 rings (SSSR count). The van der Waals surface area contributed by atoms with E-state index < -0.39 is 11.6 Å². The largest absolute Gasteiger partial charge is 0.354 e. The minimum atomic E-state index is -0.981. The Morgan fingerprint density at radius 2 is 0.640 bits per heavy atom. The quantitative estimate of drug-likeness (QED) is 0.199. The molecule has 0 aliphatic carbocycles. The number of fused-ring (bicyclic) bond motifs is 8. The van der Waals surface area contributed by atoms with Crippen LogP contribution in [-0.4, -0.2) is 19.9 Å². The maximum absolute atomic E-state index is 16.5. The van der Waals surface area contributed by atoms with Crippen LogP contribution in [0.5, 0.6) is 0 Å². The van der Waals surface area contributed by atoms with Crippen LogP contribution in [0.4, 0.5) is 8.78 Å². The van der Waals surface area contributed by atoms with Gasteiger partial charge in [0.05, 0.1) is 33.8 Å². The summed E-state index contributed by atoms with van der Waals surface area (Å²) in [6, 6.07) is 43.1. The topological polar surface area (TPSA) is 57.4 Å². The van der Waals surface area contributed by atoms with Crippen molar-refractivity contribution in [1.29, 1.82) is 0 Å². The van der Waals surface area contributed by atoms with Crippen LogP contribution in [0.2, 0.25) is 0 Å². The van der Waals surface area contributed by atoms with Crippen LogP contribution in [0.25, 0.3) is 90.9 Å². The zero-order valence-corrected chi connectivity index (χ0v) is 26.7. The van der Waals surface area contributed by atoms with Crippen LogP contribution < -0.4 is 0 Å². The number of nitrogens with one attached hydrogen (secondary N) is 2. The molecule has 0 unspecified atom stereocenters. The van der Waals surface area contributed by atoms with Gasteiger partial charge in [0.2, 0.25) is 0 Å². The van der Waals surface area contributed by atoms with Crippen LogP contribution >= 0.6 is 0 Å². The number of aromatic amines is 2. The maximum Gasteiger partial charge on any atom is 0.185 e. The lowest BCUT2D eigenvalue weighted by Gasteiger charge is -2.06. The molecule has 5 heterocycles. The molecular formula is C44H28F2N4. The summed E-state index contributed by atoms with van der Waals surface area (Å²) in [6.07, 6.45) is 7.61. The Bertz CT molecular complexity index is 2460. The summed E-state index contributed by atoms with van der Waals surface area (Å²) in [4.78, 5) is 17.2. The Labute approximate surface area is 286 Å². The summed E-state index contributed by atoms with van der Waals surface area (Å²) < 4.78 is 33.0. The van der Waals surface area contributed by atoms with Crippen molar-refractivity contribution >= 4 is 46.4 Å². The van der Waals surface area contributed by atoms with Crippen molar-refractivity contribution in [2.24, 2.45) is 0 Å². The molecule has 0 spiro atoms. The van der Waals surface area contributed by atoms with Gasteiger partial charge in [0.15, 0.2) is 11.6 Å². The molecule has 0 fully saturated rings. The molecule has 0 radical (unpaired) electrons. The van der Waals surface area contributed by atoms with Gasteiger partial charge in [-0.25, -0.2) is 18.7 Å². The van der Waals surface area contributed by atoms with Gasteiger partial charge in [0.1, 0.15) is 0 Å². The molecule has 6 heteroatoms. The standard InChI is InChI=1S/C44H28F2N4/c45-41-42(46)44-40(30-19-11-4-12-20-30)36-26-24-34(49-36)38(28-15-7-2-8-16-28)32-22-21-31(47-32)37(27-13-5-1-6-14-27)33-23-25-35(48-33)39(43(41)50-44)29-17-9-3-10-18-29/h1-26,47,50H. The molecule has 3 aromatic heterocycles. The summed E-state index contributed by atoms with van der Waals surface area (Å²) in [6.45, 7) is 0. The first-order chi connectivity index (χ1) is 24.6. The molecule has 0 saturated carbocycles. The molecule has 0 saturated heterocycles. The first-order valence-electron chi connectivity index (χ1n) is 16.4. The smallest absolute Gasteiger partial charge is 0.185 e. The average molecular weight is 651 g/mol. The van der Waals surface area contributed by atoms with E-state index >= 15 is 8.78 Å². The molecular weight excluding hydrogens is 623 g/mol. The Hall–Kier alpha value is -6.66. The Kier molecular flexibility index (Phi) is 7.13. The first-order valence-corrected chi connectivity index (χ1v) is 16.4. The lowest BCUT2D eigenvalue weighted by atomic mass is 10.0. The summed E-state index contributed by atoms with van der Waals surface area (Å²) in [5.74, 6) is -1.96. The molecule has 2 N–H and O–H groups in total. The van der Waals surface area contributed by atoms with Gasteiger partial charge in [-0.05, 0) is 58.7 Å². The van der Waals surface area contributed by atoms with Crippen molar-refractivity contribution in [1.82, 2.24) is 19.9 Å². The third kappa shape index (κ3) is 4.97. The number of hydrogen-bond acceptors (Lipinski definition) is 2. The van der Waals surface area contributed by atoms with E-state index in [-0.39, 0.29) is 11.0 Å². The highest BCUT2D eigenvalue weighted by molar-refractivity contribution is 6.00. The van der Waals surface area contributed by atoms with Crippen LogP contribution in [0.15, 0.2) is 133 Å². The second-order valence-corrected chi connectivity index (χ2v) is 12.2. The van der Waals surface area contributed by atoms with Gasteiger partial charge in [-0.15, -0.1) is 0 Å². The Morgan fingerprint density at radius 3 is 0.980 bits per heavy atom. The van der Waals surface area contributed by atoms with Crippen molar-refractivity contribution in [2.75, 3.05) is 0 Å². The van der Waals surface area contributed by atoms with Gasteiger partial charge in [-0.3, -0.25) is 0 Å². The van der Waals surface area contributed by atoms with Gasteiger partial charge in [-0.1, -0.05) is 121 Å². The third-order valence-corrected chi connectivity index (χ3v) is 9.16. The fourth-order valence-corrected chi connectivity index (χ4v) is 6.91. The highest BCUT2D eigenvalue weighted by Gasteiger charge is 2.23. The summed E-state index contributed by atoms with van der Waals surface area (Å²) in [5, 5.41) is 0. The minimum absolute atomic E-state index is 0.0145. The van der Waals surface area contributed by atoms with Gasteiger partial charge < -0.3 is 9.97 Å². The molecule has 238 valence electrons. The van der Waals surface area contributed by atoms with E-state index in [0.717, 1.165) is 33.3 Å². The van der Waals surface area contributed by atoms with Gasteiger partial charge in [0.25, 0.3) is 0 Å². The number of nitrogens with zero attached hydrogens (tertiary/aromatic N) is 2. The summed E-state index contributed by atoms with van der Waals surface area (Å²) >= 11 is 0. The van der Waals surface area contributed by atoms with Crippen LogP contribution in [0.1, 0.15) is 22.8 Å². The van der Waals surface area contributed by atoms with E-state index in [1.54, 1.807) is 0 Å². The van der Waals surface area contributed by atoms with Gasteiger partial charge in [0, 0.05) is 33.3 Å². The molecule has 8 bridgehead atoms. The number of halogens is 2. The number of rotatable bonds is 4. The minimum Gasteiger partial charge on any atom is -0.354 e. The van der Waals surface area contributed by atoms with Crippen molar-refractivity contribution in [2.45, 2.75) is 0 Å². The normalized spacial score (nSPS) is 12.0. The Morgan fingerprint density at radius 1 is 0.340 bits per heavy atom. The monoisotopic (exact) mass is 650 g/mol. The van der Waals surface area contributed by atoms with E-state index in [1.807, 2.05) is 146 Å². The fourth-order valence-electron chi connectivity index (χ4n) is 6.91. The molecule has 50 heavy (non-hydrogen) atoms.